The Bertz CT molecular complexity index is 1160. The highest BCUT2D eigenvalue weighted by Gasteiger charge is 2.17. The molecule has 0 aliphatic carbocycles. The molecule has 166 valence electrons. The van der Waals surface area contributed by atoms with Gasteiger partial charge in [0.2, 0.25) is 5.11 Å². The van der Waals surface area contributed by atoms with Crippen LogP contribution in [0.4, 0.5) is 5.69 Å². The number of anilines is 1. The van der Waals surface area contributed by atoms with Gasteiger partial charge in [0, 0.05) is 32.2 Å². The molecule has 4 N–H and O–H groups in total. The molecule has 0 fully saturated rings. The first-order valence-electron chi connectivity index (χ1n) is 9.14. The van der Waals surface area contributed by atoms with Gasteiger partial charge in [0.15, 0.2) is 5.11 Å². The van der Waals surface area contributed by atoms with E-state index in [1.54, 1.807) is 39.1 Å². The van der Waals surface area contributed by atoms with Crippen LogP contribution in [0.5, 0.6) is 0 Å². The number of nitrogens with zero attached hydrogens (tertiary/aromatic N) is 3. The molecule has 0 atom stereocenters. The highest BCUT2D eigenvalue weighted by Crippen LogP contribution is 2.27. The van der Waals surface area contributed by atoms with Crippen molar-refractivity contribution < 1.29 is 8.42 Å². The number of nitrogens with one attached hydrogen (secondary N) is 4. The summed E-state index contributed by atoms with van der Waals surface area (Å²) >= 11 is 10.0. The molecule has 0 heterocycles. The van der Waals surface area contributed by atoms with Crippen molar-refractivity contribution in [1.29, 1.82) is 0 Å². The van der Waals surface area contributed by atoms with Gasteiger partial charge in [0.25, 0.3) is 10.0 Å². The van der Waals surface area contributed by atoms with Gasteiger partial charge in [0.05, 0.1) is 16.3 Å². The lowest BCUT2D eigenvalue weighted by molar-refractivity contribution is 0.592. The minimum atomic E-state index is -3.88. The Morgan fingerprint density at radius 3 is 2.16 bits per heavy atom. The molecule has 2 aromatic carbocycles. The molecule has 0 saturated heterocycles. The topological polar surface area (TPSA) is 110 Å². The van der Waals surface area contributed by atoms with Gasteiger partial charge in [-0.2, -0.15) is 10.2 Å². The Labute approximate surface area is 193 Å². The Morgan fingerprint density at radius 2 is 1.58 bits per heavy atom. The van der Waals surface area contributed by atoms with Crippen molar-refractivity contribution in [3.05, 3.63) is 36.4 Å². The normalized spacial score (nSPS) is 12.3. The van der Waals surface area contributed by atoms with Crippen molar-refractivity contribution in [1.82, 2.24) is 20.9 Å². The first-order chi connectivity index (χ1) is 14.5. The molecule has 0 bridgehead atoms. The first kappa shape index (κ1) is 24.4. The smallest absolute Gasteiger partial charge is 0.263 e. The third kappa shape index (κ3) is 6.57. The molecule has 0 amide bonds. The highest BCUT2D eigenvalue weighted by atomic mass is 32.2. The van der Waals surface area contributed by atoms with E-state index in [1.807, 2.05) is 37.2 Å². The molecule has 12 heteroatoms. The molecule has 9 nitrogen and oxygen atoms in total. The van der Waals surface area contributed by atoms with Crippen molar-refractivity contribution in [2.75, 3.05) is 26.0 Å². The number of fused-ring (bicyclic) bond motifs is 1. The standard InChI is InChI=1S/C19H25N7O2S3/c1-12(21-23-18(29)20-3)13(2)22-24-19(30)25-31(27,28)15-9-10-16-14(11-15)7-6-8-17(16)26(4)5/h6-11H,1-5H3,(H2,20,23,29)(H2,24,25,30)/b21-12-,22-13-. The van der Waals surface area contributed by atoms with Crippen LogP contribution >= 0.6 is 24.4 Å². The summed E-state index contributed by atoms with van der Waals surface area (Å²) in [6.07, 6.45) is 0. The van der Waals surface area contributed by atoms with E-state index in [2.05, 4.69) is 31.1 Å². The van der Waals surface area contributed by atoms with E-state index in [0.29, 0.717) is 16.5 Å². The molecule has 0 aliphatic heterocycles. The van der Waals surface area contributed by atoms with Crippen LogP contribution in [0.2, 0.25) is 0 Å². The molecule has 31 heavy (non-hydrogen) atoms. The van der Waals surface area contributed by atoms with Crippen LogP contribution in [-0.4, -0.2) is 51.2 Å². The van der Waals surface area contributed by atoms with Crippen LogP contribution in [0.3, 0.4) is 0 Å². The average molecular weight is 480 g/mol. The summed E-state index contributed by atoms with van der Waals surface area (Å²) in [6.45, 7) is 3.41. The fourth-order valence-corrected chi connectivity index (χ4v) is 3.85. The molecule has 0 unspecified atom stereocenters. The van der Waals surface area contributed by atoms with E-state index in [-0.39, 0.29) is 10.0 Å². The molecule has 0 aromatic heterocycles. The molecular formula is C19H25N7O2S3. The van der Waals surface area contributed by atoms with Gasteiger partial charge in [0.1, 0.15) is 0 Å². The second kappa shape index (κ2) is 10.5. The van der Waals surface area contributed by atoms with Crippen LogP contribution in [0.1, 0.15) is 13.8 Å². The zero-order valence-corrected chi connectivity index (χ0v) is 20.3. The van der Waals surface area contributed by atoms with Gasteiger partial charge < -0.3 is 10.2 Å². The Hall–Kier alpha value is -2.83. The first-order valence-corrected chi connectivity index (χ1v) is 11.4. The molecule has 0 spiro atoms. The molecular weight excluding hydrogens is 454 g/mol. The Balaban J connectivity index is 2.13. The summed E-state index contributed by atoms with van der Waals surface area (Å²) in [5, 5.41) is 12.8. The van der Waals surface area contributed by atoms with Crippen molar-refractivity contribution in [3.8, 4) is 0 Å². The summed E-state index contributed by atoms with van der Waals surface area (Å²) < 4.78 is 27.8. The SMILES string of the molecule is CNC(=S)N/N=C(C)\C(C)=N/NC(=S)NS(=O)(=O)c1ccc2c(N(C)C)cccc2c1. The minimum Gasteiger partial charge on any atom is -0.377 e. The monoisotopic (exact) mass is 479 g/mol. The van der Waals surface area contributed by atoms with E-state index in [0.717, 1.165) is 16.5 Å². The zero-order valence-electron chi connectivity index (χ0n) is 17.8. The average Bonchev–Trinajstić information content (AvgIpc) is 2.74. The lowest BCUT2D eigenvalue weighted by Crippen LogP contribution is -2.37. The Morgan fingerprint density at radius 1 is 0.968 bits per heavy atom. The predicted molar refractivity (Wildman–Crippen MR) is 135 cm³/mol. The second-order valence-corrected chi connectivity index (χ2v) is 9.19. The van der Waals surface area contributed by atoms with E-state index >= 15 is 0 Å². The summed E-state index contributed by atoms with van der Waals surface area (Å²) in [5.41, 5.74) is 7.19. The van der Waals surface area contributed by atoms with Crippen LogP contribution in [-0.2, 0) is 10.0 Å². The van der Waals surface area contributed by atoms with Gasteiger partial charge in [-0.15, -0.1) is 0 Å². The van der Waals surface area contributed by atoms with Gasteiger partial charge in [-0.3, -0.25) is 15.6 Å². The summed E-state index contributed by atoms with van der Waals surface area (Å²) in [5.74, 6) is 0. The van der Waals surface area contributed by atoms with E-state index < -0.39 is 10.0 Å². The maximum Gasteiger partial charge on any atom is 0.263 e. The molecule has 0 radical (unpaired) electrons. The van der Waals surface area contributed by atoms with Crippen molar-refractivity contribution >= 4 is 72.6 Å². The quantitative estimate of drug-likeness (QED) is 0.283. The number of hydrogen-bond donors (Lipinski definition) is 4. The van der Waals surface area contributed by atoms with Gasteiger partial charge >= 0.3 is 0 Å². The number of sulfonamides is 1. The van der Waals surface area contributed by atoms with Crippen LogP contribution in [0.15, 0.2) is 51.5 Å². The van der Waals surface area contributed by atoms with Crippen LogP contribution < -0.4 is 25.8 Å². The third-order valence-electron chi connectivity index (χ3n) is 4.25. The van der Waals surface area contributed by atoms with Crippen molar-refractivity contribution in [2.24, 2.45) is 10.2 Å². The molecule has 2 aromatic rings. The van der Waals surface area contributed by atoms with Gasteiger partial charge in [-0.05, 0) is 61.9 Å². The summed E-state index contributed by atoms with van der Waals surface area (Å²) in [7, 11) is 1.66. The number of benzene rings is 2. The fraction of sp³-hybridized carbons (Fsp3) is 0.263. The van der Waals surface area contributed by atoms with E-state index in [1.165, 1.54) is 0 Å². The third-order valence-corrected chi connectivity index (χ3v) is 6.21. The van der Waals surface area contributed by atoms with Crippen molar-refractivity contribution in [2.45, 2.75) is 18.7 Å². The number of hydrogen-bond acceptors (Lipinski definition) is 7. The lowest BCUT2D eigenvalue weighted by atomic mass is 10.1. The van der Waals surface area contributed by atoms with Crippen molar-refractivity contribution in [3.63, 3.8) is 0 Å². The largest absolute Gasteiger partial charge is 0.377 e. The number of hydrazone groups is 2. The minimum absolute atomic E-state index is 0.100. The summed E-state index contributed by atoms with van der Waals surface area (Å²) in [6, 6.07) is 10.6. The van der Waals surface area contributed by atoms with Gasteiger partial charge in [-0.1, -0.05) is 18.2 Å². The fourth-order valence-electron chi connectivity index (χ4n) is 2.49. The highest BCUT2D eigenvalue weighted by molar-refractivity contribution is 7.91. The number of thiocarbonyl (C=S) groups is 2. The van der Waals surface area contributed by atoms with Crippen LogP contribution in [0.25, 0.3) is 10.8 Å². The maximum atomic E-state index is 12.7. The van der Waals surface area contributed by atoms with Crippen LogP contribution in [0, 0.1) is 0 Å². The van der Waals surface area contributed by atoms with E-state index in [9.17, 15) is 8.42 Å². The molecule has 0 saturated carbocycles. The maximum absolute atomic E-state index is 12.7. The Kier molecular flexibility index (Phi) is 8.25. The van der Waals surface area contributed by atoms with E-state index in [4.69, 9.17) is 24.4 Å². The lowest BCUT2D eigenvalue weighted by Gasteiger charge is -2.16. The number of rotatable bonds is 6. The molecule has 0 aliphatic rings. The summed E-state index contributed by atoms with van der Waals surface area (Å²) in [4.78, 5) is 2.07. The predicted octanol–water partition coefficient (Wildman–Crippen LogP) is 1.90. The second-order valence-electron chi connectivity index (χ2n) is 6.69. The molecule has 2 rings (SSSR count). The zero-order chi connectivity index (χ0) is 23.2. The van der Waals surface area contributed by atoms with Gasteiger partial charge in [-0.25, -0.2) is 8.42 Å².